The van der Waals surface area contributed by atoms with Gasteiger partial charge in [-0.05, 0) is 51.0 Å². The molecular formula is C20H30N2O2. The SMILES string of the molecule is Cc1ccc(CCN(CC2CCCO2)C(=O)C2CCC(N)C2)cc1. The third kappa shape index (κ3) is 4.58. The molecule has 0 bridgehead atoms. The lowest BCUT2D eigenvalue weighted by Crippen LogP contribution is -2.41. The Bertz CT molecular complexity index is 537. The van der Waals surface area contributed by atoms with Crippen molar-refractivity contribution >= 4 is 5.91 Å². The molecule has 1 heterocycles. The van der Waals surface area contributed by atoms with Gasteiger partial charge in [-0.3, -0.25) is 4.79 Å². The smallest absolute Gasteiger partial charge is 0.225 e. The van der Waals surface area contributed by atoms with Gasteiger partial charge in [-0.1, -0.05) is 29.8 Å². The second-order valence-electron chi connectivity index (χ2n) is 7.42. The van der Waals surface area contributed by atoms with E-state index in [0.29, 0.717) is 0 Å². The zero-order valence-electron chi connectivity index (χ0n) is 14.7. The van der Waals surface area contributed by atoms with Crippen molar-refractivity contribution in [2.45, 2.75) is 57.6 Å². The largest absolute Gasteiger partial charge is 0.376 e. The Hall–Kier alpha value is -1.39. The molecule has 132 valence electrons. The van der Waals surface area contributed by atoms with Gasteiger partial charge in [0.2, 0.25) is 5.91 Å². The standard InChI is InChI=1S/C20H30N2O2/c1-15-4-6-16(7-5-15)10-11-22(14-19-3-2-12-24-19)20(23)17-8-9-18(21)13-17/h4-7,17-19H,2-3,8-14,21H2,1H3. The highest BCUT2D eigenvalue weighted by molar-refractivity contribution is 5.79. The lowest BCUT2D eigenvalue weighted by atomic mass is 10.0. The van der Waals surface area contributed by atoms with E-state index < -0.39 is 0 Å². The summed E-state index contributed by atoms with van der Waals surface area (Å²) in [7, 11) is 0. The van der Waals surface area contributed by atoms with Gasteiger partial charge in [-0.25, -0.2) is 0 Å². The summed E-state index contributed by atoms with van der Waals surface area (Å²) >= 11 is 0. The number of carbonyl (C=O) groups is 1. The van der Waals surface area contributed by atoms with Gasteiger partial charge >= 0.3 is 0 Å². The van der Waals surface area contributed by atoms with Gasteiger partial charge in [0.1, 0.15) is 0 Å². The molecule has 0 aromatic heterocycles. The number of hydrogen-bond acceptors (Lipinski definition) is 3. The first-order valence-electron chi connectivity index (χ1n) is 9.33. The van der Waals surface area contributed by atoms with Gasteiger partial charge in [-0.15, -0.1) is 0 Å². The summed E-state index contributed by atoms with van der Waals surface area (Å²) < 4.78 is 5.77. The van der Waals surface area contributed by atoms with Crippen molar-refractivity contribution in [1.82, 2.24) is 4.90 Å². The molecule has 2 fully saturated rings. The highest BCUT2D eigenvalue weighted by Crippen LogP contribution is 2.27. The van der Waals surface area contributed by atoms with E-state index in [1.165, 1.54) is 11.1 Å². The second kappa shape index (κ2) is 8.13. The first kappa shape index (κ1) is 17.4. The van der Waals surface area contributed by atoms with Gasteiger partial charge in [-0.2, -0.15) is 0 Å². The molecule has 1 aliphatic heterocycles. The fourth-order valence-electron chi connectivity index (χ4n) is 3.84. The van der Waals surface area contributed by atoms with Crippen LogP contribution in [0.3, 0.4) is 0 Å². The number of aryl methyl sites for hydroxylation is 1. The van der Waals surface area contributed by atoms with Gasteiger partial charge in [0.25, 0.3) is 0 Å². The summed E-state index contributed by atoms with van der Waals surface area (Å²) in [5.41, 5.74) is 8.57. The molecule has 3 rings (SSSR count). The summed E-state index contributed by atoms with van der Waals surface area (Å²) in [5, 5.41) is 0. The molecule has 1 saturated heterocycles. The Labute approximate surface area is 145 Å². The van der Waals surface area contributed by atoms with Gasteiger partial charge < -0.3 is 15.4 Å². The minimum atomic E-state index is 0.111. The average molecular weight is 330 g/mol. The quantitative estimate of drug-likeness (QED) is 0.872. The Morgan fingerprint density at radius 1 is 1.25 bits per heavy atom. The van der Waals surface area contributed by atoms with Crippen LogP contribution in [-0.4, -0.2) is 42.6 Å². The van der Waals surface area contributed by atoms with E-state index in [0.717, 1.165) is 58.2 Å². The van der Waals surface area contributed by atoms with Crippen molar-refractivity contribution in [3.63, 3.8) is 0 Å². The van der Waals surface area contributed by atoms with E-state index in [-0.39, 0.29) is 24.0 Å². The lowest BCUT2D eigenvalue weighted by molar-refractivity contribution is -0.137. The minimum Gasteiger partial charge on any atom is -0.376 e. The van der Waals surface area contributed by atoms with Crippen molar-refractivity contribution in [2.24, 2.45) is 11.7 Å². The summed E-state index contributed by atoms with van der Waals surface area (Å²) in [6.45, 7) is 4.43. The Morgan fingerprint density at radius 2 is 2.04 bits per heavy atom. The molecule has 1 aromatic carbocycles. The predicted octanol–water partition coefficient (Wildman–Crippen LogP) is 2.67. The highest BCUT2D eigenvalue weighted by atomic mass is 16.5. The van der Waals surface area contributed by atoms with E-state index in [1.807, 2.05) is 4.90 Å². The fourth-order valence-corrected chi connectivity index (χ4v) is 3.84. The van der Waals surface area contributed by atoms with Crippen molar-refractivity contribution in [1.29, 1.82) is 0 Å². The Morgan fingerprint density at radius 3 is 2.67 bits per heavy atom. The molecule has 4 nitrogen and oxygen atoms in total. The highest BCUT2D eigenvalue weighted by Gasteiger charge is 2.32. The first-order chi connectivity index (χ1) is 11.6. The Balaban J connectivity index is 1.61. The van der Waals surface area contributed by atoms with E-state index in [1.54, 1.807) is 0 Å². The van der Waals surface area contributed by atoms with Crippen LogP contribution in [0.1, 0.15) is 43.2 Å². The molecule has 2 N–H and O–H groups in total. The number of nitrogens with two attached hydrogens (primary N) is 1. The predicted molar refractivity (Wildman–Crippen MR) is 95.8 cm³/mol. The number of amides is 1. The summed E-state index contributed by atoms with van der Waals surface area (Å²) in [4.78, 5) is 15.0. The van der Waals surface area contributed by atoms with Crippen LogP contribution in [0.4, 0.5) is 0 Å². The van der Waals surface area contributed by atoms with Crippen LogP contribution in [0.15, 0.2) is 24.3 Å². The van der Waals surface area contributed by atoms with Crippen molar-refractivity contribution in [3.8, 4) is 0 Å². The number of hydrogen-bond donors (Lipinski definition) is 1. The molecule has 1 saturated carbocycles. The van der Waals surface area contributed by atoms with Crippen LogP contribution in [0, 0.1) is 12.8 Å². The van der Waals surface area contributed by atoms with E-state index in [2.05, 4.69) is 31.2 Å². The zero-order chi connectivity index (χ0) is 16.9. The summed E-state index contributed by atoms with van der Waals surface area (Å²) in [5.74, 6) is 0.394. The minimum absolute atomic E-state index is 0.111. The Kier molecular flexibility index (Phi) is 5.90. The van der Waals surface area contributed by atoms with Crippen LogP contribution < -0.4 is 5.73 Å². The van der Waals surface area contributed by atoms with Crippen LogP contribution in [0.25, 0.3) is 0 Å². The number of ether oxygens (including phenoxy) is 1. The van der Waals surface area contributed by atoms with Crippen LogP contribution >= 0.6 is 0 Å². The van der Waals surface area contributed by atoms with Crippen LogP contribution in [0.5, 0.6) is 0 Å². The van der Waals surface area contributed by atoms with Crippen LogP contribution in [-0.2, 0) is 16.0 Å². The molecular weight excluding hydrogens is 300 g/mol. The van der Waals surface area contributed by atoms with E-state index in [4.69, 9.17) is 10.5 Å². The van der Waals surface area contributed by atoms with E-state index >= 15 is 0 Å². The second-order valence-corrected chi connectivity index (χ2v) is 7.42. The molecule has 1 amide bonds. The molecule has 24 heavy (non-hydrogen) atoms. The van der Waals surface area contributed by atoms with E-state index in [9.17, 15) is 4.79 Å². The maximum atomic E-state index is 13.0. The van der Waals surface area contributed by atoms with Crippen molar-refractivity contribution in [3.05, 3.63) is 35.4 Å². The van der Waals surface area contributed by atoms with Crippen LogP contribution in [0.2, 0.25) is 0 Å². The maximum absolute atomic E-state index is 13.0. The molecule has 3 atom stereocenters. The third-order valence-electron chi connectivity index (χ3n) is 5.37. The lowest BCUT2D eigenvalue weighted by Gasteiger charge is -2.28. The summed E-state index contributed by atoms with van der Waals surface area (Å²) in [6.07, 6.45) is 6.04. The molecule has 3 unspecified atom stereocenters. The van der Waals surface area contributed by atoms with Gasteiger partial charge in [0, 0.05) is 31.7 Å². The third-order valence-corrected chi connectivity index (χ3v) is 5.37. The molecule has 4 heteroatoms. The van der Waals surface area contributed by atoms with Crippen molar-refractivity contribution in [2.75, 3.05) is 19.7 Å². The molecule has 2 aliphatic rings. The number of rotatable bonds is 6. The number of carbonyl (C=O) groups excluding carboxylic acids is 1. The average Bonchev–Trinajstić information content (AvgIpc) is 3.24. The molecule has 1 aliphatic carbocycles. The topological polar surface area (TPSA) is 55.6 Å². The maximum Gasteiger partial charge on any atom is 0.225 e. The van der Waals surface area contributed by atoms with Gasteiger partial charge in [0.15, 0.2) is 0 Å². The monoisotopic (exact) mass is 330 g/mol. The number of benzene rings is 1. The molecule has 1 aromatic rings. The normalized spacial score (nSPS) is 26.7. The molecule has 0 spiro atoms. The summed E-state index contributed by atoms with van der Waals surface area (Å²) in [6, 6.07) is 8.79. The zero-order valence-corrected chi connectivity index (χ0v) is 14.7. The first-order valence-corrected chi connectivity index (χ1v) is 9.33. The van der Waals surface area contributed by atoms with Crippen molar-refractivity contribution < 1.29 is 9.53 Å². The van der Waals surface area contributed by atoms with Gasteiger partial charge in [0.05, 0.1) is 6.10 Å². The molecule has 0 radical (unpaired) electrons. The fraction of sp³-hybridized carbons (Fsp3) is 0.650. The number of nitrogens with zero attached hydrogens (tertiary/aromatic N) is 1.